The third kappa shape index (κ3) is 1.28. The Hall–Kier alpha value is -1.40. The van der Waals surface area contributed by atoms with Crippen LogP contribution >= 0.6 is 0 Å². The Morgan fingerprint density at radius 1 is 1.41 bits per heavy atom. The number of nitrogens with one attached hydrogen (secondary N) is 1. The van der Waals surface area contributed by atoms with Gasteiger partial charge < -0.3 is 10.2 Å². The first kappa shape index (κ1) is 10.7. The van der Waals surface area contributed by atoms with Crippen LogP contribution in [0.25, 0.3) is 0 Å². The largest absolute Gasteiger partial charge is 0.390 e. The van der Waals surface area contributed by atoms with E-state index in [4.69, 9.17) is 0 Å². The van der Waals surface area contributed by atoms with Crippen LogP contribution in [0.1, 0.15) is 18.4 Å². The van der Waals surface area contributed by atoms with Crippen molar-refractivity contribution in [1.82, 2.24) is 9.55 Å². The number of aryl methyl sites for hydroxylation is 1. The molecule has 2 aliphatic rings. The number of aliphatic hydroxyl groups is 2. The van der Waals surface area contributed by atoms with Gasteiger partial charge in [0.1, 0.15) is 0 Å². The van der Waals surface area contributed by atoms with Crippen molar-refractivity contribution in [2.75, 3.05) is 0 Å². The van der Waals surface area contributed by atoms with Crippen LogP contribution in [0.2, 0.25) is 0 Å². The standard InChI is InChI=1S/C11H14N2O4/c1-5-4-13(10(17)12-9(5)16)11-2-6(11)8(15)7(14)3-11/h4,6-8,14-15H,2-3H2,1H3,(H,12,16,17)/t6?,7-,8-,11+/m0/s1. The van der Waals surface area contributed by atoms with Crippen LogP contribution in [-0.2, 0) is 5.54 Å². The number of rotatable bonds is 1. The van der Waals surface area contributed by atoms with E-state index in [2.05, 4.69) is 4.98 Å². The molecule has 6 nitrogen and oxygen atoms in total. The quantitative estimate of drug-likeness (QED) is 0.566. The first-order valence-electron chi connectivity index (χ1n) is 5.65. The van der Waals surface area contributed by atoms with Gasteiger partial charge in [0.15, 0.2) is 0 Å². The zero-order chi connectivity index (χ0) is 12.4. The van der Waals surface area contributed by atoms with Gasteiger partial charge in [-0.1, -0.05) is 0 Å². The molecule has 0 radical (unpaired) electrons. The van der Waals surface area contributed by atoms with Gasteiger partial charge in [-0.3, -0.25) is 14.3 Å². The highest BCUT2D eigenvalue weighted by Gasteiger charge is 2.66. The van der Waals surface area contributed by atoms with Gasteiger partial charge in [-0.25, -0.2) is 4.79 Å². The van der Waals surface area contributed by atoms with E-state index in [-0.39, 0.29) is 11.5 Å². The Kier molecular flexibility index (Phi) is 1.95. The molecule has 6 heteroatoms. The van der Waals surface area contributed by atoms with Crippen LogP contribution in [0.15, 0.2) is 15.8 Å². The van der Waals surface area contributed by atoms with Gasteiger partial charge >= 0.3 is 5.69 Å². The van der Waals surface area contributed by atoms with E-state index in [1.807, 2.05) is 0 Å². The SMILES string of the molecule is Cc1cn([C@@]23CC2[C@H](O)[C@@H](O)C3)c(=O)[nH]c1=O. The number of hydrogen-bond donors (Lipinski definition) is 3. The van der Waals surface area contributed by atoms with Gasteiger partial charge in [0.25, 0.3) is 5.56 Å². The molecule has 0 amide bonds. The number of hydrogen-bond acceptors (Lipinski definition) is 4. The molecule has 92 valence electrons. The molecule has 2 fully saturated rings. The van der Waals surface area contributed by atoms with Crippen molar-refractivity contribution in [1.29, 1.82) is 0 Å². The highest BCUT2D eigenvalue weighted by Crippen LogP contribution is 2.60. The van der Waals surface area contributed by atoms with Crippen LogP contribution in [0.3, 0.4) is 0 Å². The molecule has 0 spiro atoms. The van der Waals surface area contributed by atoms with Crippen molar-refractivity contribution >= 4 is 0 Å². The fourth-order valence-electron chi connectivity index (χ4n) is 3.02. The molecule has 1 heterocycles. The Morgan fingerprint density at radius 2 is 2.12 bits per heavy atom. The molecule has 2 aliphatic carbocycles. The molecule has 4 atom stereocenters. The van der Waals surface area contributed by atoms with E-state index < -0.39 is 23.4 Å². The second-order valence-corrected chi connectivity index (χ2v) is 5.12. The summed E-state index contributed by atoms with van der Waals surface area (Å²) in [6.45, 7) is 1.63. The van der Waals surface area contributed by atoms with Gasteiger partial charge in [-0.15, -0.1) is 0 Å². The first-order chi connectivity index (χ1) is 7.95. The Balaban J connectivity index is 2.11. The molecule has 3 N–H and O–H groups in total. The third-order valence-corrected chi connectivity index (χ3v) is 4.07. The lowest BCUT2D eigenvalue weighted by Gasteiger charge is -2.16. The van der Waals surface area contributed by atoms with E-state index in [0.29, 0.717) is 18.4 Å². The van der Waals surface area contributed by atoms with E-state index >= 15 is 0 Å². The van der Waals surface area contributed by atoms with Crippen LogP contribution in [0, 0.1) is 12.8 Å². The summed E-state index contributed by atoms with van der Waals surface area (Å²) in [6, 6.07) is 0. The smallest absolute Gasteiger partial charge is 0.328 e. The van der Waals surface area contributed by atoms with E-state index in [0.717, 1.165) is 0 Å². The lowest BCUT2D eigenvalue weighted by atomic mass is 10.1. The van der Waals surface area contributed by atoms with Gasteiger partial charge in [0.2, 0.25) is 0 Å². The number of fused-ring (bicyclic) bond motifs is 1. The summed E-state index contributed by atoms with van der Waals surface area (Å²) in [5.74, 6) is -0.0829. The third-order valence-electron chi connectivity index (χ3n) is 4.07. The Bertz CT molecular complexity index is 590. The Morgan fingerprint density at radius 3 is 2.71 bits per heavy atom. The predicted molar refractivity (Wildman–Crippen MR) is 58.8 cm³/mol. The average molecular weight is 238 g/mol. The summed E-state index contributed by atoms with van der Waals surface area (Å²) in [4.78, 5) is 25.3. The molecule has 17 heavy (non-hydrogen) atoms. The lowest BCUT2D eigenvalue weighted by Crippen LogP contribution is -2.37. The van der Waals surface area contributed by atoms with Gasteiger partial charge in [-0.05, 0) is 19.8 Å². The van der Waals surface area contributed by atoms with Gasteiger partial charge in [0.05, 0.1) is 17.7 Å². The summed E-state index contributed by atoms with van der Waals surface area (Å²) >= 11 is 0. The minimum atomic E-state index is -0.784. The molecule has 1 aromatic rings. The van der Waals surface area contributed by atoms with Crippen molar-refractivity contribution in [3.8, 4) is 0 Å². The van der Waals surface area contributed by atoms with E-state index in [1.165, 1.54) is 10.8 Å². The van der Waals surface area contributed by atoms with Crippen LogP contribution in [-0.4, -0.2) is 32.0 Å². The van der Waals surface area contributed by atoms with Crippen LogP contribution in [0.5, 0.6) is 0 Å². The van der Waals surface area contributed by atoms with E-state index in [1.54, 1.807) is 6.92 Å². The predicted octanol–water partition coefficient (Wildman–Crippen LogP) is -1.31. The summed E-state index contributed by atoms with van der Waals surface area (Å²) in [5, 5.41) is 19.3. The fraction of sp³-hybridized carbons (Fsp3) is 0.636. The highest BCUT2D eigenvalue weighted by molar-refractivity contribution is 5.20. The molecule has 0 saturated heterocycles. The fourth-order valence-corrected chi connectivity index (χ4v) is 3.02. The minimum Gasteiger partial charge on any atom is -0.390 e. The van der Waals surface area contributed by atoms with Gasteiger partial charge in [-0.2, -0.15) is 0 Å². The molecule has 2 saturated carbocycles. The number of nitrogens with zero attached hydrogens (tertiary/aromatic N) is 1. The molecular weight excluding hydrogens is 224 g/mol. The van der Waals surface area contributed by atoms with Gasteiger partial charge in [0, 0.05) is 17.7 Å². The van der Waals surface area contributed by atoms with Crippen molar-refractivity contribution < 1.29 is 10.2 Å². The van der Waals surface area contributed by atoms with Crippen molar-refractivity contribution in [2.45, 2.75) is 37.5 Å². The summed E-state index contributed by atoms with van der Waals surface area (Å²) in [7, 11) is 0. The monoisotopic (exact) mass is 238 g/mol. The topological polar surface area (TPSA) is 95.3 Å². The maximum Gasteiger partial charge on any atom is 0.328 e. The molecule has 0 aromatic carbocycles. The average Bonchev–Trinajstić information content (AvgIpc) is 2.91. The molecular formula is C11H14N2O4. The zero-order valence-electron chi connectivity index (χ0n) is 9.38. The maximum absolute atomic E-state index is 11.8. The number of aromatic amines is 1. The molecule has 0 bridgehead atoms. The van der Waals surface area contributed by atoms with Crippen LogP contribution < -0.4 is 11.2 Å². The number of aromatic nitrogens is 2. The van der Waals surface area contributed by atoms with Crippen LogP contribution in [0.4, 0.5) is 0 Å². The van der Waals surface area contributed by atoms with Crippen molar-refractivity contribution in [3.63, 3.8) is 0 Å². The van der Waals surface area contributed by atoms with Crippen molar-refractivity contribution in [3.05, 3.63) is 32.6 Å². The normalized spacial score (nSPS) is 39.1. The Labute approximate surface area is 96.5 Å². The zero-order valence-corrected chi connectivity index (χ0v) is 9.38. The summed E-state index contributed by atoms with van der Waals surface area (Å²) in [5.41, 5.74) is -0.894. The second kappa shape index (κ2) is 3.08. The number of H-pyrrole nitrogens is 1. The maximum atomic E-state index is 11.8. The molecule has 1 unspecified atom stereocenters. The summed E-state index contributed by atoms with van der Waals surface area (Å²) in [6.07, 6.45) is 1.01. The lowest BCUT2D eigenvalue weighted by molar-refractivity contribution is 0.0246. The van der Waals surface area contributed by atoms with Crippen molar-refractivity contribution in [2.24, 2.45) is 5.92 Å². The van der Waals surface area contributed by atoms with E-state index in [9.17, 15) is 19.8 Å². The second-order valence-electron chi connectivity index (χ2n) is 5.12. The highest BCUT2D eigenvalue weighted by atomic mass is 16.3. The minimum absolute atomic E-state index is 0.0829. The molecule has 0 aliphatic heterocycles. The number of aliphatic hydroxyl groups excluding tert-OH is 2. The first-order valence-corrected chi connectivity index (χ1v) is 5.65. The summed E-state index contributed by atoms with van der Waals surface area (Å²) < 4.78 is 1.47. The molecule has 3 rings (SSSR count). The molecule has 1 aromatic heterocycles.